The van der Waals surface area contributed by atoms with Crippen LogP contribution in [0.1, 0.15) is 26.7 Å². The lowest BCUT2D eigenvalue weighted by Crippen LogP contribution is -2.29. The van der Waals surface area contributed by atoms with Crippen LogP contribution >= 0.6 is 0 Å². The summed E-state index contributed by atoms with van der Waals surface area (Å²) in [6.07, 6.45) is 9.78. The maximum absolute atomic E-state index is 10.1. The van der Waals surface area contributed by atoms with Crippen molar-refractivity contribution < 1.29 is 14.7 Å². The fourth-order valence-corrected chi connectivity index (χ4v) is 1.28. The average molecular weight is 279 g/mol. The highest BCUT2D eigenvalue weighted by atomic mass is 16.4. The van der Waals surface area contributed by atoms with Crippen LogP contribution in [-0.2, 0) is 9.59 Å². The Morgan fingerprint density at radius 3 is 1.60 bits per heavy atom. The Hall–Kier alpha value is -2.12. The van der Waals surface area contributed by atoms with Crippen molar-refractivity contribution >= 4 is 12.8 Å². The lowest BCUT2D eigenvalue weighted by molar-refractivity contribution is -0.139. The molecule has 2 N–H and O–H groups in total. The van der Waals surface area contributed by atoms with Crippen molar-refractivity contribution in [2.45, 2.75) is 32.7 Å². The second kappa shape index (κ2) is 22.1. The topological polar surface area (TPSA) is 66.4 Å². The zero-order valence-electron chi connectivity index (χ0n) is 12.3. The monoisotopic (exact) mass is 279 g/mol. The molecule has 0 aliphatic carbocycles. The van der Waals surface area contributed by atoms with E-state index in [-0.39, 0.29) is 6.04 Å². The lowest BCUT2D eigenvalue weighted by Gasteiger charge is -1.99. The van der Waals surface area contributed by atoms with E-state index in [1.165, 1.54) is 0 Å². The van der Waals surface area contributed by atoms with Gasteiger partial charge in [0.1, 0.15) is 12.8 Å². The van der Waals surface area contributed by atoms with E-state index in [0.29, 0.717) is 0 Å². The number of carbonyl (C=O) groups excluding carboxylic acids is 1. The molecule has 0 saturated carbocycles. The van der Waals surface area contributed by atoms with Gasteiger partial charge in [-0.05, 0) is 19.4 Å². The Balaban J connectivity index is -0.000000215. The third-order valence-electron chi connectivity index (χ3n) is 2.03. The lowest BCUT2D eigenvalue weighted by atomic mass is 10.2. The molecule has 0 radical (unpaired) electrons. The molecule has 4 nitrogen and oxygen atoms in total. The summed E-state index contributed by atoms with van der Waals surface area (Å²) >= 11 is 0. The highest BCUT2D eigenvalue weighted by molar-refractivity contribution is 5.73. The van der Waals surface area contributed by atoms with Gasteiger partial charge in [0.15, 0.2) is 0 Å². The maximum atomic E-state index is 10.1. The standard InChI is InChI=1S/C6H6.C5H9NO2.C2H6.C2H2.CH2O/c1-2-4-6-5-3-1;7-5(8)4-2-1-3-6-4;3*1-2/h1-6H;4,6H,1-3H2,(H,7,8);1-2H3;1-2H;1H2/t;4-;;;/m.0.../s1. The summed E-state index contributed by atoms with van der Waals surface area (Å²) in [5.41, 5.74) is 0. The summed E-state index contributed by atoms with van der Waals surface area (Å²) in [7, 11) is 0. The van der Waals surface area contributed by atoms with E-state index < -0.39 is 5.97 Å². The minimum absolute atomic E-state index is 0.269. The van der Waals surface area contributed by atoms with Crippen molar-refractivity contribution in [2.75, 3.05) is 6.54 Å². The number of carboxylic acids is 1. The molecule has 1 aromatic carbocycles. The van der Waals surface area contributed by atoms with Crippen molar-refractivity contribution in [3.63, 3.8) is 0 Å². The molecule has 1 aliphatic heterocycles. The van der Waals surface area contributed by atoms with Crippen LogP contribution in [0, 0.1) is 12.8 Å². The summed E-state index contributed by atoms with van der Waals surface area (Å²) in [5.74, 6) is -0.720. The van der Waals surface area contributed by atoms with Gasteiger partial charge in [-0.25, -0.2) is 0 Å². The van der Waals surface area contributed by atoms with E-state index in [1.807, 2.05) is 57.0 Å². The highest BCUT2D eigenvalue weighted by Crippen LogP contribution is 2.03. The van der Waals surface area contributed by atoms with Gasteiger partial charge < -0.3 is 15.2 Å². The van der Waals surface area contributed by atoms with Crippen LogP contribution in [0.4, 0.5) is 0 Å². The minimum atomic E-state index is -0.720. The number of rotatable bonds is 1. The molecule has 112 valence electrons. The number of carbonyl (C=O) groups is 2. The van der Waals surface area contributed by atoms with Crippen LogP contribution in [0.15, 0.2) is 36.4 Å². The predicted molar refractivity (Wildman–Crippen MR) is 83.5 cm³/mol. The van der Waals surface area contributed by atoms with E-state index in [1.54, 1.807) is 0 Å². The first-order chi connectivity index (χ1) is 9.80. The van der Waals surface area contributed by atoms with Gasteiger partial charge in [0.2, 0.25) is 0 Å². The normalized spacial score (nSPS) is 14.3. The molecule has 1 saturated heterocycles. The molecule has 1 aliphatic rings. The third-order valence-corrected chi connectivity index (χ3v) is 2.03. The molecule has 0 unspecified atom stereocenters. The minimum Gasteiger partial charge on any atom is -0.480 e. The van der Waals surface area contributed by atoms with Gasteiger partial charge in [0.05, 0.1) is 0 Å². The van der Waals surface area contributed by atoms with Crippen LogP contribution in [0.3, 0.4) is 0 Å². The summed E-state index contributed by atoms with van der Waals surface area (Å²) in [6.45, 7) is 6.86. The Morgan fingerprint density at radius 2 is 1.45 bits per heavy atom. The summed E-state index contributed by atoms with van der Waals surface area (Å²) in [6, 6.07) is 11.7. The molecule has 0 spiro atoms. The Bertz CT molecular complexity index is 279. The molecule has 0 aromatic heterocycles. The molecule has 0 bridgehead atoms. The van der Waals surface area contributed by atoms with Crippen molar-refractivity contribution in [1.82, 2.24) is 5.32 Å². The van der Waals surface area contributed by atoms with Crippen LogP contribution < -0.4 is 5.32 Å². The number of carboxylic acid groups (broad SMARTS) is 1. The SMILES string of the molecule is C#C.C=O.CC.O=C(O)[C@@H]1CCCN1.c1ccccc1. The molecule has 1 heterocycles. The van der Waals surface area contributed by atoms with Gasteiger partial charge in [0, 0.05) is 0 Å². The van der Waals surface area contributed by atoms with Gasteiger partial charge in [-0.2, -0.15) is 0 Å². The van der Waals surface area contributed by atoms with Gasteiger partial charge >= 0.3 is 5.97 Å². The first-order valence-electron chi connectivity index (χ1n) is 6.39. The second-order valence-electron chi connectivity index (χ2n) is 3.14. The second-order valence-corrected chi connectivity index (χ2v) is 3.14. The van der Waals surface area contributed by atoms with Crippen molar-refractivity contribution in [3.05, 3.63) is 36.4 Å². The van der Waals surface area contributed by atoms with Gasteiger partial charge in [0.25, 0.3) is 0 Å². The molecule has 0 amide bonds. The van der Waals surface area contributed by atoms with E-state index in [9.17, 15) is 4.79 Å². The van der Waals surface area contributed by atoms with Crippen molar-refractivity contribution in [2.24, 2.45) is 0 Å². The molecule has 1 fully saturated rings. The number of terminal acetylenes is 1. The van der Waals surface area contributed by atoms with Crippen molar-refractivity contribution in [1.29, 1.82) is 0 Å². The summed E-state index contributed by atoms with van der Waals surface area (Å²) in [5, 5.41) is 11.2. The molecular weight excluding hydrogens is 254 g/mol. The smallest absolute Gasteiger partial charge is 0.320 e. The zero-order chi connectivity index (χ0) is 16.2. The molecule has 1 atom stereocenters. The molecule has 2 rings (SSSR count). The van der Waals surface area contributed by atoms with Crippen LogP contribution in [0.5, 0.6) is 0 Å². The first kappa shape index (κ1) is 23.0. The maximum Gasteiger partial charge on any atom is 0.320 e. The molecule has 20 heavy (non-hydrogen) atoms. The summed E-state index contributed by atoms with van der Waals surface area (Å²) < 4.78 is 0. The highest BCUT2D eigenvalue weighted by Gasteiger charge is 2.20. The van der Waals surface area contributed by atoms with E-state index >= 15 is 0 Å². The predicted octanol–water partition coefficient (Wildman–Crippen LogP) is 2.60. The van der Waals surface area contributed by atoms with Crippen molar-refractivity contribution in [3.8, 4) is 12.8 Å². The largest absolute Gasteiger partial charge is 0.480 e. The van der Waals surface area contributed by atoms with E-state index in [4.69, 9.17) is 9.90 Å². The number of hydrogen-bond acceptors (Lipinski definition) is 3. The van der Waals surface area contributed by atoms with E-state index in [0.717, 1.165) is 19.4 Å². The fraction of sp³-hybridized carbons (Fsp3) is 0.375. The van der Waals surface area contributed by atoms with Gasteiger partial charge in [-0.1, -0.05) is 50.2 Å². The third kappa shape index (κ3) is 15.9. The Labute approximate surface area is 122 Å². The number of hydrogen-bond donors (Lipinski definition) is 2. The van der Waals surface area contributed by atoms with Crippen LogP contribution in [0.2, 0.25) is 0 Å². The zero-order valence-corrected chi connectivity index (χ0v) is 12.3. The van der Waals surface area contributed by atoms with Gasteiger partial charge in [-0.3, -0.25) is 4.79 Å². The average Bonchev–Trinajstić information content (AvgIpc) is 3.10. The quantitative estimate of drug-likeness (QED) is 0.775. The number of aliphatic carboxylic acids is 1. The Morgan fingerprint density at radius 1 is 1.10 bits per heavy atom. The van der Waals surface area contributed by atoms with E-state index in [2.05, 4.69) is 18.2 Å². The van der Waals surface area contributed by atoms with Crippen LogP contribution in [0.25, 0.3) is 0 Å². The first-order valence-corrected chi connectivity index (χ1v) is 6.39. The van der Waals surface area contributed by atoms with Crippen LogP contribution in [-0.4, -0.2) is 30.5 Å². The fourth-order valence-electron chi connectivity index (χ4n) is 1.28. The van der Waals surface area contributed by atoms with Gasteiger partial charge in [-0.15, -0.1) is 12.8 Å². The Kier molecular flexibility index (Phi) is 25.4. The number of nitrogens with one attached hydrogen (secondary N) is 1. The molecular formula is C16H25NO3. The molecule has 1 aromatic rings. The number of benzene rings is 1. The summed E-state index contributed by atoms with van der Waals surface area (Å²) in [4.78, 5) is 18.1. The molecule has 4 heteroatoms.